The minimum absolute atomic E-state index is 0.124. The van der Waals surface area contributed by atoms with Gasteiger partial charge in [0.05, 0.1) is 0 Å². The van der Waals surface area contributed by atoms with Gasteiger partial charge in [-0.1, -0.05) is 25.7 Å². The van der Waals surface area contributed by atoms with Crippen LogP contribution in [0.4, 0.5) is 0 Å². The molecule has 0 aromatic rings. The van der Waals surface area contributed by atoms with Crippen molar-refractivity contribution in [2.75, 3.05) is 35.0 Å². The largest absolute Gasteiger partial charge is 0.398 e. The monoisotopic (exact) mass is 436 g/mol. The number of hydrogen-bond acceptors (Lipinski definition) is 6. The third-order valence-corrected chi connectivity index (χ3v) is 12.2. The first-order chi connectivity index (χ1) is 13.2. The smallest absolute Gasteiger partial charge is 0.334 e. The van der Waals surface area contributed by atoms with E-state index in [0.29, 0.717) is 0 Å². The summed E-state index contributed by atoms with van der Waals surface area (Å²) in [6, 6.07) is 1.97. The Hall–Kier alpha value is 0.194. The van der Waals surface area contributed by atoms with Gasteiger partial charge in [0.1, 0.15) is 0 Å². The normalized spacial score (nSPS) is 13.3. The molecule has 0 amide bonds. The standard InChI is InChI=1S/C20H48N2O4Si2/c1-23-27(5,24-2)18-12-15-20(22,14-10-8-7-9-11-17-21)16-13-19-28(6,25-3)26-4/h7-19,21-22H2,1-6H3. The molecule has 0 aliphatic carbocycles. The molecule has 0 atom stereocenters. The van der Waals surface area contributed by atoms with Crippen LogP contribution in [0.1, 0.15) is 64.2 Å². The molecule has 0 rings (SSSR count). The molecule has 0 fully saturated rings. The number of hydrogen-bond donors (Lipinski definition) is 2. The Morgan fingerprint density at radius 1 is 0.607 bits per heavy atom. The van der Waals surface area contributed by atoms with Crippen LogP contribution in [-0.4, -0.2) is 57.6 Å². The van der Waals surface area contributed by atoms with E-state index in [4.69, 9.17) is 29.2 Å². The second-order valence-corrected chi connectivity index (χ2v) is 15.6. The molecule has 0 saturated heterocycles. The zero-order valence-corrected chi connectivity index (χ0v) is 21.5. The average Bonchev–Trinajstić information content (AvgIpc) is 2.70. The third kappa shape index (κ3) is 12.0. The van der Waals surface area contributed by atoms with E-state index in [-0.39, 0.29) is 5.54 Å². The first-order valence-electron chi connectivity index (χ1n) is 10.9. The molecule has 0 spiro atoms. The predicted molar refractivity (Wildman–Crippen MR) is 123 cm³/mol. The quantitative estimate of drug-likeness (QED) is 0.232. The summed E-state index contributed by atoms with van der Waals surface area (Å²) in [6.45, 7) is 5.04. The summed E-state index contributed by atoms with van der Waals surface area (Å²) in [4.78, 5) is 0. The highest BCUT2D eigenvalue weighted by atomic mass is 28.4. The van der Waals surface area contributed by atoms with Crippen molar-refractivity contribution < 1.29 is 17.7 Å². The summed E-state index contributed by atoms with van der Waals surface area (Å²) >= 11 is 0. The second-order valence-electron chi connectivity index (χ2n) is 8.46. The Labute approximate surface area is 176 Å². The van der Waals surface area contributed by atoms with Gasteiger partial charge in [-0.2, -0.15) is 0 Å². The molecule has 0 unspecified atom stereocenters. The number of rotatable bonds is 19. The van der Waals surface area contributed by atoms with Crippen LogP contribution in [0, 0.1) is 0 Å². The summed E-state index contributed by atoms with van der Waals surface area (Å²) in [5, 5.41) is 0. The van der Waals surface area contributed by atoms with Gasteiger partial charge in [0.25, 0.3) is 0 Å². The zero-order valence-electron chi connectivity index (χ0n) is 19.5. The summed E-state index contributed by atoms with van der Waals surface area (Å²) in [5.74, 6) is 0. The zero-order chi connectivity index (χ0) is 21.5. The van der Waals surface area contributed by atoms with Crippen LogP contribution < -0.4 is 11.5 Å². The van der Waals surface area contributed by atoms with Crippen LogP contribution in [0.2, 0.25) is 25.2 Å². The maximum Gasteiger partial charge on any atom is 0.334 e. The van der Waals surface area contributed by atoms with E-state index in [1.54, 1.807) is 28.4 Å². The van der Waals surface area contributed by atoms with E-state index in [1.165, 1.54) is 25.7 Å². The molecule has 28 heavy (non-hydrogen) atoms. The predicted octanol–water partition coefficient (Wildman–Crippen LogP) is 4.27. The minimum atomic E-state index is -2.02. The van der Waals surface area contributed by atoms with Gasteiger partial charge in [0.15, 0.2) is 0 Å². The van der Waals surface area contributed by atoms with Crippen molar-refractivity contribution in [3.63, 3.8) is 0 Å². The van der Waals surface area contributed by atoms with Crippen LogP contribution in [0.15, 0.2) is 0 Å². The fourth-order valence-corrected chi connectivity index (χ4v) is 6.41. The molecule has 0 saturated carbocycles. The van der Waals surface area contributed by atoms with Crippen LogP contribution in [0.25, 0.3) is 0 Å². The number of unbranched alkanes of at least 4 members (excludes halogenated alkanes) is 4. The summed E-state index contributed by atoms with van der Waals surface area (Å²) in [5.41, 5.74) is 12.4. The van der Waals surface area contributed by atoms with E-state index in [1.807, 2.05) is 0 Å². The van der Waals surface area contributed by atoms with E-state index in [0.717, 1.165) is 57.2 Å². The van der Waals surface area contributed by atoms with Crippen molar-refractivity contribution >= 4 is 17.1 Å². The van der Waals surface area contributed by atoms with Crippen molar-refractivity contribution in [2.24, 2.45) is 11.5 Å². The molecular weight excluding hydrogens is 388 g/mol. The van der Waals surface area contributed by atoms with Crippen LogP contribution in [-0.2, 0) is 17.7 Å². The van der Waals surface area contributed by atoms with E-state index >= 15 is 0 Å². The van der Waals surface area contributed by atoms with Gasteiger partial charge in [0, 0.05) is 34.0 Å². The first-order valence-corrected chi connectivity index (χ1v) is 16.0. The Morgan fingerprint density at radius 2 is 0.964 bits per heavy atom. The highest BCUT2D eigenvalue weighted by Crippen LogP contribution is 2.29. The van der Waals surface area contributed by atoms with Gasteiger partial charge in [-0.25, -0.2) is 0 Å². The molecule has 0 aliphatic rings. The lowest BCUT2D eigenvalue weighted by atomic mass is 9.84. The van der Waals surface area contributed by atoms with Gasteiger partial charge in [-0.15, -0.1) is 0 Å². The molecule has 0 aromatic heterocycles. The third-order valence-electron chi connectivity index (χ3n) is 6.22. The maximum atomic E-state index is 6.91. The lowest BCUT2D eigenvalue weighted by Crippen LogP contribution is -2.42. The van der Waals surface area contributed by atoms with Gasteiger partial charge >= 0.3 is 17.1 Å². The molecule has 0 heterocycles. The van der Waals surface area contributed by atoms with Crippen molar-refractivity contribution in [1.82, 2.24) is 0 Å². The summed E-state index contributed by atoms with van der Waals surface area (Å²) in [6.07, 6.45) is 11.3. The van der Waals surface area contributed by atoms with Crippen LogP contribution in [0.5, 0.6) is 0 Å². The van der Waals surface area contributed by atoms with E-state index in [2.05, 4.69) is 13.1 Å². The van der Waals surface area contributed by atoms with Gasteiger partial charge < -0.3 is 29.2 Å². The van der Waals surface area contributed by atoms with Gasteiger partial charge in [-0.3, -0.25) is 0 Å². The molecule has 6 nitrogen and oxygen atoms in total. The van der Waals surface area contributed by atoms with Crippen molar-refractivity contribution in [3.05, 3.63) is 0 Å². The van der Waals surface area contributed by atoms with Crippen molar-refractivity contribution in [3.8, 4) is 0 Å². The van der Waals surface area contributed by atoms with Crippen molar-refractivity contribution in [1.29, 1.82) is 0 Å². The highest BCUT2D eigenvalue weighted by Gasteiger charge is 2.33. The lowest BCUT2D eigenvalue weighted by Gasteiger charge is -2.32. The van der Waals surface area contributed by atoms with Gasteiger partial charge in [-0.05, 0) is 70.3 Å². The molecule has 0 aliphatic heterocycles. The maximum absolute atomic E-state index is 6.91. The highest BCUT2D eigenvalue weighted by molar-refractivity contribution is 6.66. The van der Waals surface area contributed by atoms with E-state index in [9.17, 15) is 0 Å². The van der Waals surface area contributed by atoms with Gasteiger partial charge in [0.2, 0.25) is 0 Å². The Morgan fingerprint density at radius 3 is 1.36 bits per heavy atom. The molecule has 170 valence electrons. The topological polar surface area (TPSA) is 89.0 Å². The molecule has 0 bridgehead atoms. The summed E-state index contributed by atoms with van der Waals surface area (Å²) in [7, 11) is 2.98. The molecular formula is C20H48N2O4Si2. The fourth-order valence-electron chi connectivity index (χ4n) is 3.62. The molecule has 0 aromatic carbocycles. The average molecular weight is 437 g/mol. The molecule has 0 radical (unpaired) electrons. The van der Waals surface area contributed by atoms with Crippen LogP contribution >= 0.6 is 0 Å². The van der Waals surface area contributed by atoms with Crippen molar-refractivity contribution in [2.45, 2.75) is 94.9 Å². The number of nitrogens with two attached hydrogens (primary N) is 2. The molecule has 8 heteroatoms. The lowest BCUT2D eigenvalue weighted by molar-refractivity contribution is 0.240. The SMILES string of the molecule is CO[Si](C)(CCCC(N)(CCCCCCCN)CCC[Si](C)(OC)OC)OC. The minimum Gasteiger partial charge on any atom is -0.398 e. The summed E-state index contributed by atoms with van der Waals surface area (Å²) < 4.78 is 22.5. The Bertz CT molecular complexity index is 357. The fraction of sp³-hybridized carbons (Fsp3) is 1.00. The van der Waals surface area contributed by atoms with E-state index < -0.39 is 17.1 Å². The van der Waals surface area contributed by atoms with Crippen LogP contribution in [0.3, 0.4) is 0 Å². The Balaban J connectivity index is 4.62. The molecule has 4 N–H and O–H groups in total. The Kier molecular flexibility index (Phi) is 15.2. The second kappa shape index (κ2) is 15.1. The first kappa shape index (κ1) is 28.2.